The van der Waals surface area contributed by atoms with Gasteiger partial charge in [-0.1, -0.05) is 42.5 Å². The number of amides is 1. The highest BCUT2D eigenvalue weighted by Gasteiger charge is 2.28. The summed E-state index contributed by atoms with van der Waals surface area (Å²) >= 11 is 0. The van der Waals surface area contributed by atoms with E-state index in [0.717, 1.165) is 5.56 Å². The molecule has 0 aromatic heterocycles. The summed E-state index contributed by atoms with van der Waals surface area (Å²) in [5.74, 6) is -0.260. The summed E-state index contributed by atoms with van der Waals surface area (Å²) in [4.78, 5) is 13.1. The zero-order chi connectivity index (χ0) is 24.7. The molecule has 0 aliphatic carbocycles. The fraction of sp³-hybridized carbons (Fsp3) is 0.240. The molecule has 0 unspecified atom stereocenters. The van der Waals surface area contributed by atoms with Crippen molar-refractivity contribution in [1.29, 1.82) is 0 Å². The fourth-order valence-electron chi connectivity index (χ4n) is 3.43. The van der Waals surface area contributed by atoms with Gasteiger partial charge in [-0.05, 0) is 48.7 Å². The van der Waals surface area contributed by atoms with E-state index < -0.39 is 28.0 Å². The summed E-state index contributed by atoms with van der Waals surface area (Å²) in [5, 5.41) is 2.82. The average Bonchev–Trinajstić information content (AvgIpc) is 2.84. The Morgan fingerprint density at radius 3 is 2.21 bits per heavy atom. The number of nitrogens with one attached hydrogen (secondary N) is 2. The Morgan fingerprint density at radius 1 is 0.941 bits per heavy atom. The molecule has 3 rings (SSSR count). The molecule has 0 saturated carbocycles. The van der Waals surface area contributed by atoms with Crippen LogP contribution in [0.4, 0.5) is 4.39 Å². The largest absolute Gasteiger partial charge is 0.493 e. The maximum absolute atomic E-state index is 13.3. The maximum atomic E-state index is 13.3. The van der Waals surface area contributed by atoms with Gasteiger partial charge in [0.05, 0.1) is 25.2 Å². The van der Waals surface area contributed by atoms with Crippen molar-refractivity contribution in [2.24, 2.45) is 0 Å². The van der Waals surface area contributed by atoms with Crippen LogP contribution in [0.1, 0.15) is 24.1 Å². The molecular formula is C25H27FN2O5S. The van der Waals surface area contributed by atoms with E-state index in [2.05, 4.69) is 10.0 Å². The molecule has 3 aromatic carbocycles. The molecule has 3 aromatic rings. The molecule has 34 heavy (non-hydrogen) atoms. The summed E-state index contributed by atoms with van der Waals surface area (Å²) in [6.45, 7) is 1.74. The monoisotopic (exact) mass is 486 g/mol. The molecule has 7 nitrogen and oxygen atoms in total. The SMILES string of the molecule is COc1ccc(S(=O)(=O)N[C@@H](Cc2ccccc2)C(=O)N[C@H](C)c2ccc(F)cc2)cc1OC. The fourth-order valence-corrected chi connectivity index (χ4v) is 4.64. The zero-order valence-electron chi connectivity index (χ0n) is 19.1. The quantitative estimate of drug-likeness (QED) is 0.457. The first-order valence-electron chi connectivity index (χ1n) is 10.6. The van der Waals surface area contributed by atoms with Crippen LogP contribution in [0, 0.1) is 5.82 Å². The molecule has 2 N–H and O–H groups in total. The minimum absolute atomic E-state index is 0.0670. The topological polar surface area (TPSA) is 93.7 Å². The summed E-state index contributed by atoms with van der Waals surface area (Å²) in [6.07, 6.45) is 0.134. The zero-order valence-corrected chi connectivity index (χ0v) is 19.9. The van der Waals surface area contributed by atoms with Crippen LogP contribution in [0.5, 0.6) is 11.5 Å². The Labute approximate surface area is 199 Å². The molecule has 9 heteroatoms. The van der Waals surface area contributed by atoms with Gasteiger partial charge >= 0.3 is 0 Å². The number of halogens is 1. The first-order valence-corrected chi connectivity index (χ1v) is 12.1. The van der Waals surface area contributed by atoms with Crippen molar-refractivity contribution < 1.29 is 27.1 Å². The van der Waals surface area contributed by atoms with Crippen LogP contribution < -0.4 is 19.5 Å². The van der Waals surface area contributed by atoms with Crippen LogP contribution >= 0.6 is 0 Å². The van der Waals surface area contributed by atoms with E-state index in [4.69, 9.17) is 9.47 Å². The number of sulfonamides is 1. The van der Waals surface area contributed by atoms with E-state index in [1.165, 1.54) is 44.6 Å². The van der Waals surface area contributed by atoms with Crippen LogP contribution in [0.2, 0.25) is 0 Å². The standard InChI is InChI=1S/C25H27FN2O5S/c1-17(19-9-11-20(26)12-10-19)27-25(29)22(15-18-7-5-4-6-8-18)28-34(30,31)21-13-14-23(32-2)24(16-21)33-3/h4-14,16-17,22,28H,15H2,1-3H3,(H,27,29)/t17-,22+/m1/s1. The molecule has 0 heterocycles. The Kier molecular flexibility index (Phi) is 8.25. The van der Waals surface area contributed by atoms with Gasteiger partial charge in [-0.3, -0.25) is 4.79 Å². The average molecular weight is 487 g/mol. The molecule has 0 spiro atoms. The minimum Gasteiger partial charge on any atom is -0.493 e. The van der Waals surface area contributed by atoms with Crippen LogP contribution in [0.15, 0.2) is 77.7 Å². The number of carbonyl (C=O) groups excluding carboxylic acids is 1. The second-order valence-electron chi connectivity index (χ2n) is 7.66. The van der Waals surface area contributed by atoms with Gasteiger partial charge < -0.3 is 14.8 Å². The second kappa shape index (κ2) is 11.1. The van der Waals surface area contributed by atoms with Gasteiger partial charge in [0, 0.05) is 6.07 Å². The number of carbonyl (C=O) groups is 1. The van der Waals surface area contributed by atoms with Crippen molar-refractivity contribution >= 4 is 15.9 Å². The smallest absolute Gasteiger partial charge is 0.241 e. The van der Waals surface area contributed by atoms with E-state index in [1.54, 1.807) is 19.1 Å². The summed E-state index contributed by atoms with van der Waals surface area (Å²) in [7, 11) is -1.23. The Morgan fingerprint density at radius 2 is 1.59 bits per heavy atom. The van der Waals surface area contributed by atoms with Crippen LogP contribution in [0.25, 0.3) is 0 Å². The molecule has 2 atom stereocenters. The highest BCUT2D eigenvalue weighted by atomic mass is 32.2. The van der Waals surface area contributed by atoms with Gasteiger partial charge in [0.15, 0.2) is 11.5 Å². The predicted octanol–water partition coefficient (Wildman–Crippen LogP) is 3.61. The molecule has 1 amide bonds. The molecule has 0 radical (unpaired) electrons. The van der Waals surface area contributed by atoms with Crippen LogP contribution in [-0.4, -0.2) is 34.6 Å². The number of benzene rings is 3. The first-order chi connectivity index (χ1) is 16.2. The third-order valence-electron chi connectivity index (χ3n) is 5.29. The number of rotatable bonds is 10. The van der Waals surface area contributed by atoms with Crippen molar-refractivity contribution in [3.8, 4) is 11.5 Å². The van der Waals surface area contributed by atoms with E-state index in [9.17, 15) is 17.6 Å². The maximum Gasteiger partial charge on any atom is 0.241 e. The van der Waals surface area contributed by atoms with Crippen LogP contribution in [0.3, 0.4) is 0 Å². The number of ether oxygens (including phenoxy) is 2. The highest BCUT2D eigenvalue weighted by Crippen LogP contribution is 2.29. The number of hydrogen-bond acceptors (Lipinski definition) is 5. The Balaban J connectivity index is 1.86. The first kappa shape index (κ1) is 25.2. The lowest BCUT2D eigenvalue weighted by molar-refractivity contribution is -0.123. The second-order valence-corrected chi connectivity index (χ2v) is 9.38. The molecule has 0 fully saturated rings. The number of hydrogen-bond donors (Lipinski definition) is 2. The van der Waals surface area contributed by atoms with Gasteiger partial charge in [0.2, 0.25) is 15.9 Å². The van der Waals surface area contributed by atoms with Gasteiger partial charge in [0.1, 0.15) is 11.9 Å². The van der Waals surface area contributed by atoms with Crippen molar-refractivity contribution in [2.45, 2.75) is 30.3 Å². The lowest BCUT2D eigenvalue weighted by Crippen LogP contribution is -2.48. The van der Waals surface area contributed by atoms with Crippen molar-refractivity contribution in [3.05, 3.63) is 89.7 Å². The minimum atomic E-state index is -4.08. The summed E-state index contributed by atoms with van der Waals surface area (Å²) in [6, 6.07) is 17.5. The third kappa shape index (κ3) is 6.33. The van der Waals surface area contributed by atoms with Gasteiger partial charge in [0.25, 0.3) is 0 Å². The predicted molar refractivity (Wildman–Crippen MR) is 127 cm³/mol. The Bertz CT molecular complexity index is 1220. The molecular weight excluding hydrogens is 459 g/mol. The molecule has 0 saturated heterocycles. The summed E-state index contributed by atoms with van der Waals surface area (Å²) < 4.78 is 52.5. The van der Waals surface area contributed by atoms with E-state index in [-0.39, 0.29) is 22.9 Å². The summed E-state index contributed by atoms with van der Waals surface area (Å²) in [5.41, 5.74) is 1.48. The van der Waals surface area contributed by atoms with Crippen molar-refractivity contribution in [2.75, 3.05) is 14.2 Å². The van der Waals surface area contributed by atoms with E-state index in [0.29, 0.717) is 11.3 Å². The van der Waals surface area contributed by atoms with E-state index in [1.807, 2.05) is 30.3 Å². The van der Waals surface area contributed by atoms with Crippen molar-refractivity contribution in [1.82, 2.24) is 10.0 Å². The Hall–Kier alpha value is -3.43. The van der Waals surface area contributed by atoms with Gasteiger partial charge in [-0.25, -0.2) is 12.8 Å². The number of methoxy groups -OCH3 is 2. The van der Waals surface area contributed by atoms with Gasteiger partial charge in [-0.2, -0.15) is 4.72 Å². The third-order valence-corrected chi connectivity index (χ3v) is 6.76. The molecule has 0 aliphatic heterocycles. The van der Waals surface area contributed by atoms with Crippen molar-refractivity contribution in [3.63, 3.8) is 0 Å². The molecule has 0 aliphatic rings. The molecule has 180 valence electrons. The highest BCUT2D eigenvalue weighted by molar-refractivity contribution is 7.89. The molecule has 0 bridgehead atoms. The lowest BCUT2D eigenvalue weighted by Gasteiger charge is -2.22. The lowest BCUT2D eigenvalue weighted by atomic mass is 10.0. The van der Waals surface area contributed by atoms with Crippen LogP contribution in [-0.2, 0) is 21.2 Å². The van der Waals surface area contributed by atoms with E-state index >= 15 is 0 Å². The normalized spacial score (nSPS) is 13.1. The van der Waals surface area contributed by atoms with Gasteiger partial charge in [-0.15, -0.1) is 0 Å².